The second-order valence-electron chi connectivity index (χ2n) is 4.61. The summed E-state index contributed by atoms with van der Waals surface area (Å²) in [5.41, 5.74) is 6.40. The highest BCUT2D eigenvalue weighted by molar-refractivity contribution is 5.18. The van der Waals surface area contributed by atoms with Crippen molar-refractivity contribution in [3.63, 3.8) is 0 Å². The Morgan fingerprint density at radius 1 is 1.31 bits per heavy atom. The highest BCUT2D eigenvalue weighted by Crippen LogP contribution is 2.33. The zero-order valence-corrected chi connectivity index (χ0v) is 9.26. The fraction of sp³-hybridized carbons (Fsp3) is 0.538. The van der Waals surface area contributed by atoms with Gasteiger partial charge in [-0.05, 0) is 49.7 Å². The van der Waals surface area contributed by atoms with Gasteiger partial charge in [-0.25, -0.2) is 8.78 Å². The summed E-state index contributed by atoms with van der Waals surface area (Å²) in [6.45, 7) is 0. The number of hydrogen-bond acceptors (Lipinski definition) is 1. The van der Waals surface area contributed by atoms with Crippen LogP contribution in [-0.4, -0.2) is 6.04 Å². The van der Waals surface area contributed by atoms with Crippen LogP contribution in [0.2, 0.25) is 0 Å². The normalized spacial score (nSPS) is 17.4. The van der Waals surface area contributed by atoms with Crippen LogP contribution in [0, 0.1) is 17.6 Å². The molecular formula is C13H17F2N. The summed E-state index contributed by atoms with van der Waals surface area (Å²) in [4.78, 5) is 0. The third kappa shape index (κ3) is 2.79. The second-order valence-corrected chi connectivity index (χ2v) is 4.61. The molecule has 0 heterocycles. The van der Waals surface area contributed by atoms with Crippen LogP contribution in [-0.2, 0) is 6.42 Å². The predicted molar refractivity (Wildman–Crippen MR) is 60.0 cm³/mol. The molecule has 0 aliphatic heterocycles. The van der Waals surface area contributed by atoms with E-state index in [9.17, 15) is 8.78 Å². The van der Waals surface area contributed by atoms with Crippen LogP contribution in [0.4, 0.5) is 8.78 Å². The molecule has 16 heavy (non-hydrogen) atoms. The number of rotatable bonds is 5. The van der Waals surface area contributed by atoms with Gasteiger partial charge in [0.05, 0.1) is 0 Å². The quantitative estimate of drug-likeness (QED) is 0.819. The first-order valence-corrected chi connectivity index (χ1v) is 5.87. The summed E-state index contributed by atoms with van der Waals surface area (Å²) in [6.07, 6.45) is 4.77. The highest BCUT2D eigenvalue weighted by atomic mass is 19.2. The van der Waals surface area contributed by atoms with Crippen molar-refractivity contribution in [2.24, 2.45) is 11.7 Å². The molecule has 0 bridgehead atoms. The molecule has 1 atom stereocenters. The van der Waals surface area contributed by atoms with Crippen LogP contribution in [0.5, 0.6) is 0 Å². The van der Waals surface area contributed by atoms with Crippen LogP contribution < -0.4 is 5.73 Å². The third-order valence-corrected chi connectivity index (χ3v) is 3.24. The Hall–Kier alpha value is -0.960. The van der Waals surface area contributed by atoms with Gasteiger partial charge in [0, 0.05) is 6.04 Å². The Kier molecular flexibility index (Phi) is 3.54. The molecular weight excluding hydrogens is 208 g/mol. The SMILES string of the molecule is NC(CCCc1cccc(F)c1F)C1CC1. The van der Waals surface area contributed by atoms with E-state index in [0.29, 0.717) is 17.9 Å². The van der Waals surface area contributed by atoms with Crippen molar-refractivity contribution in [1.82, 2.24) is 0 Å². The smallest absolute Gasteiger partial charge is 0.162 e. The van der Waals surface area contributed by atoms with Crippen molar-refractivity contribution in [3.05, 3.63) is 35.4 Å². The molecule has 0 radical (unpaired) electrons. The molecule has 1 aromatic rings. The largest absolute Gasteiger partial charge is 0.327 e. The number of hydrogen-bond donors (Lipinski definition) is 1. The predicted octanol–water partition coefficient (Wildman–Crippen LogP) is 3.02. The Morgan fingerprint density at radius 2 is 2.06 bits per heavy atom. The van der Waals surface area contributed by atoms with Crippen molar-refractivity contribution in [3.8, 4) is 0 Å². The highest BCUT2D eigenvalue weighted by Gasteiger charge is 2.27. The van der Waals surface area contributed by atoms with Crippen molar-refractivity contribution in [2.75, 3.05) is 0 Å². The first-order chi connectivity index (χ1) is 7.68. The average molecular weight is 225 g/mol. The Bertz CT molecular complexity index is 361. The second kappa shape index (κ2) is 4.91. The molecule has 2 N–H and O–H groups in total. The van der Waals surface area contributed by atoms with E-state index >= 15 is 0 Å². The Morgan fingerprint density at radius 3 is 2.75 bits per heavy atom. The van der Waals surface area contributed by atoms with E-state index in [1.54, 1.807) is 12.1 Å². The van der Waals surface area contributed by atoms with Crippen molar-refractivity contribution >= 4 is 0 Å². The van der Waals surface area contributed by atoms with Gasteiger partial charge in [-0.1, -0.05) is 12.1 Å². The molecule has 2 rings (SSSR count). The van der Waals surface area contributed by atoms with Crippen molar-refractivity contribution in [2.45, 2.75) is 38.1 Å². The first-order valence-electron chi connectivity index (χ1n) is 5.87. The molecule has 88 valence electrons. The van der Waals surface area contributed by atoms with Gasteiger partial charge in [-0.15, -0.1) is 0 Å². The minimum atomic E-state index is -0.760. The lowest BCUT2D eigenvalue weighted by atomic mass is 10.0. The van der Waals surface area contributed by atoms with Crippen molar-refractivity contribution in [1.29, 1.82) is 0 Å². The van der Waals surface area contributed by atoms with Gasteiger partial charge in [0.2, 0.25) is 0 Å². The van der Waals surface area contributed by atoms with Crippen LogP contribution in [0.3, 0.4) is 0 Å². The fourth-order valence-corrected chi connectivity index (χ4v) is 2.03. The molecule has 1 unspecified atom stereocenters. The minimum absolute atomic E-state index is 0.247. The zero-order valence-electron chi connectivity index (χ0n) is 9.26. The molecule has 1 aliphatic carbocycles. The number of benzene rings is 1. The van der Waals surface area contributed by atoms with Gasteiger partial charge in [0.15, 0.2) is 11.6 Å². The van der Waals surface area contributed by atoms with Gasteiger partial charge >= 0.3 is 0 Å². The molecule has 0 amide bonds. The van der Waals surface area contributed by atoms with Crippen LogP contribution >= 0.6 is 0 Å². The standard InChI is InChI=1S/C13H17F2N/c14-11-5-1-3-10(13(11)15)4-2-6-12(16)9-7-8-9/h1,3,5,9,12H,2,4,6-8,16H2. The van der Waals surface area contributed by atoms with E-state index < -0.39 is 11.6 Å². The van der Waals surface area contributed by atoms with Gasteiger partial charge in [-0.2, -0.15) is 0 Å². The third-order valence-electron chi connectivity index (χ3n) is 3.24. The molecule has 0 saturated heterocycles. The lowest BCUT2D eigenvalue weighted by Gasteiger charge is -2.10. The molecule has 0 spiro atoms. The molecule has 1 nitrogen and oxygen atoms in total. The fourth-order valence-electron chi connectivity index (χ4n) is 2.03. The van der Waals surface area contributed by atoms with Gasteiger partial charge in [-0.3, -0.25) is 0 Å². The first kappa shape index (κ1) is 11.5. The number of nitrogens with two attached hydrogens (primary N) is 1. The molecule has 1 aliphatic rings. The van der Waals surface area contributed by atoms with E-state index in [2.05, 4.69) is 0 Å². The summed E-state index contributed by atoms with van der Waals surface area (Å²) in [6, 6.07) is 4.58. The molecule has 1 fully saturated rings. The van der Waals surface area contributed by atoms with Crippen molar-refractivity contribution < 1.29 is 8.78 Å². The van der Waals surface area contributed by atoms with Crippen LogP contribution in [0.15, 0.2) is 18.2 Å². The summed E-state index contributed by atoms with van der Waals surface area (Å²) < 4.78 is 26.2. The molecule has 1 saturated carbocycles. The molecule has 1 aromatic carbocycles. The molecule has 3 heteroatoms. The van der Waals surface area contributed by atoms with E-state index in [-0.39, 0.29) is 6.04 Å². The Balaban J connectivity index is 1.82. The Labute approximate surface area is 94.7 Å². The van der Waals surface area contributed by atoms with Crippen LogP contribution in [0.1, 0.15) is 31.2 Å². The van der Waals surface area contributed by atoms with E-state index in [1.165, 1.54) is 12.8 Å². The lowest BCUT2D eigenvalue weighted by molar-refractivity contribution is 0.488. The van der Waals surface area contributed by atoms with E-state index in [4.69, 9.17) is 5.73 Å². The summed E-state index contributed by atoms with van der Waals surface area (Å²) >= 11 is 0. The average Bonchev–Trinajstić information content (AvgIpc) is 3.07. The maximum absolute atomic E-state index is 13.3. The number of aryl methyl sites for hydroxylation is 1. The zero-order chi connectivity index (χ0) is 11.5. The minimum Gasteiger partial charge on any atom is -0.327 e. The van der Waals surface area contributed by atoms with E-state index in [0.717, 1.165) is 18.9 Å². The molecule has 0 aromatic heterocycles. The summed E-state index contributed by atoms with van der Waals surface area (Å²) in [7, 11) is 0. The number of halogens is 2. The summed E-state index contributed by atoms with van der Waals surface area (Å²) in [5, 5.41) is 0. The maximum Gasteiger partial charge on any atom is 0.162 e. The van der Waals surface area contributed by atoms with Crippen LogP contribution in [0.25, 0.3) is 0 Å². The van der Waals surface area contributed by atoms with Gasteiger partial charge in [0.25, 0.3) is 0 Å². The van der Waals surface area contributed by atoms with E-state index in [1.807, 2.05) is 0 Å². The lowest BCUT2D eigenvalue weighted by Crippen LogP contribution is -2.22. The maximum atomic E-state index is 13.3. The van der Waals surface area contributed by atoms with Gasteiger partial charge in [0.1, 0.15) is 0 Å². The summed E-state index contributed by atoms with van der Waals surface area (Å²) in [5.74, 6) is -0.788. The monoisotopic (exact) mass is 225 g/mol. The topological polar surface area (TPSA) is 26.0 Å². The van der Waals surface area contributed by atoms with Gasteiger partial charge < -0.3 is 5.73 Å².